The third kappa shape index (κ3) is 5.85. The van der Waals surface area contributed by atoms with E-state index in [0.29, 0.717) is 30.7 Å². The zero-order valence-corrected chi connectivity index (χ0v) is 15.4. The second-order valence-electron chi connectivity index (χ2n) is 6.56. The monoisotopic (exact) mass is 345 g/mol. The molecule has 2 amide bonds. The van der Waals surface area contributed by atoms with Crippen LogP contribution in [0.5, 0.6) is 0 Å². The highest BCUT2D eigenvalue weighted by atomic mass is 16.5. The lowest BCUT2D eigenvalue weighted by Gasteiger charge is -2.23. The summed E-state index contributed by atoms with van der Waals surface area (Å²) in [6, 6.07) is 5.18. The average molecular weight is 345 g/mol. The normalized spacial score (nSPS) is 12.2. The van der Waals surface area contributed by atoms with Crippen LogP contribution in [0.1, 0.15) is 57.6 Å². The molecule has 0 saturated carbocycles. The Morgan fingerprint density at radius 2 is 2.12 bits per heavy atom. The Hall–Kier alpha value is -2.44. The molecule has 0 fully saturated rings. The van der Waals surface area contributed by atoms with Gasteiger partial charge in [-0.05, 0) is 31.4 Å². The molecular formula is C18H27N5O2. The molecule has 7 nitrogen and oxygen atoms in total. The summed E-state index contributed by atoms with van der Waals surface area (Å²) in [5, 5.41) is 6.90. The quantitative estimate of drug-likeness (QED) is 0.793. The Morgan fingerprint density at radius 3 is 2.76 bits per heavy atom. The molecule has 0 aliphatic rings. The number of aromatic nitrogens is 3. The van der Waals surface area contributed by atoms with E-state index in [1.54, 1.807) is 11.1 Å². The SMILES string of the molecule is CCCN(Cc1ccccn1)C(=O)NC(C)c1nc(CC(C)C)no1. The van der Waals surface area contributed by atoms with Gasteiger partial charge in [-0.3, -0.25) is 4.98 Å². The van der Waals surface area contributed by atoms with Crippen molar-refractivity contribution in [2.75, 3.05) is 6.54 Å². The molecule has 136 valence electrons. The van der Waals surface area contributed by atoms with Crippen LogP contribution in [0.2, 0.25) is 0 Å². The van der Waals surface area contributed by atoms with Gasteiger partial charge in [0.2, 0.25) is 5.89 Å². The molecule has 2 aromatic heterocycles. The lowest BCUT2D eigenvalue weighted by Crippen LogP contribution is -2.41. The first-order valence-corrected chi connectivity index (χ1v) is 8.77. The molecule has 1 unspecified atom stereocenters. The van der Waals surface area contributed by atoms with Crippen molar-refractivity contribution >= 4 is 6.03 Å². The molecule has 0 aromatic carbocycles. The van der Waals surface area contributed by atoms with Gasteiger partial charge in [-0.25, -0.2) is 4.79 Å². The highest BCUT2D eigenvalue weighted by Crippen LogP contribution is 2.13. The number of pyridine rings is 1. The minimum absolute atomic E-state index is 0.163. The predicted octanol–water partition coefficient (Wildman–Crippen LogP) is 3.35. The molecular weight excluding hydrogens is 318 g/mol. The molecule has 2 heterocycles. The molecule has 0 spiro atoms. The number of nitrogens with one attached hydrogen (secondary N) is 1. The van der Waals surface area contributed by atoms with Crippen LogP contribution in [0.15, 0.2) is 28.9 Å². The minimum atomic E-state index is -0.344. The molecule has 0 aliphatic heterocycles. The smallest absolute Gasteiger partial charge is 0.318 e. The van der Waals surface area contributed by atoms with E-state index in [1.165, 1.54) is 0 Å². The van der Waals surface area contributed by atoms with Gasteiger partial charge >= 0.3 is 6.03 Å². The van der Waals surface area contributed by atoms with Crippen LogP contribution >= 0.6 is 0 Å². The van der Waals surface area contributed by atoms with Crippen LogP contribution in [-0.4, -0.2) is 32.6 Å². The molecule has 0 aliphatic carbocycles. The third-order valence-electron chi connectivity index (χ3n) is 3.64. The molecule has 25 heavy (non-hydrogen) atoms. The van der Waals surface area contributed by atoms with E-state index in [1.807, 2.05) is 32.0 Å². The van der Waals surface area contributed by atoms with Gasteiger partial charge < -0.3 is 14.7 Å². The van der Waals surface area contributed by atoms with Gasteiger partial charge in [0.15, 0.2) is 5.82 Å². The van der Waals surface area contributed by atoms with Gasteiger partial charge in [0, 0.05) is 19.2 Å². The summed E-state index contributed by atoms with van der Waals surface area (Å²) in [5.74, 6) is 1.55. The molecule has 2 rings (SSSR count). The number of rotatable bonds is 8. The van der Waals surface area contributed by atoms with Crippen molar-refractivity contribution in [3.63, 3.8) is 0 Å². The summed E-state index contributed by atoms with van der Waals surface area (Å²) in [5.41, 5.74) is 0.857. The summed E-state index contributed by atoms with van der Waals surface area (Å²) in [7, 11) is 0. The van der Waals surface area contributed by atoms with Crippen molar-refractivity contribution in [3.8, 4) is 0 Å². The number of carbonyl (C=O) groups is 1. The fraction of sp³-hybridized carbons (Fsp3) is 0.556. The average Bonchev–Trinajstić information content (AvgIpc) is 3.03. The van der Waals surface area contributed by atoms with Crippen molar-refractivity contribution in [2.24, 2.45) is 5.92 Å². The molecule has 2 aromatic rings. The van der Waals surface area contributed by atoms with Crippen molar-refractivity contribution < 1.29 is 9.32 Å². The highest BCUT2D eigenvalue weighted by Gasteiger charge is 2.20. The number of hydrogen-bond acceptors (Lipinski definition) is 5. The maximum atomic E-state index is 12.6. The molecule has 0 bridgehead atoms. The second-order valence-corrected chi connectivity index (χ2v) is 6.56. The Balaban J connectivity index is 1.98. The number of hydrogen-bond donors (Lipinski definition) is 1. The first-order chi connectivity index (χ1) is 12.0. The van der Waals surface area contributed by atoms with Gasteiger partial charge in [0.05, 0.1) is 12.2 Å². The Bertz CT molecular complexity index is 656. The molecule has 1 atom stereocenters. The van der Waals surface area contributed by atoms with Gasteiger partial charge in [-0.15, -0.1) is 0 Å². The van der Waals surface area contributed by atoms with Crippen LogP contribution in [0, 0.1) is 5.92 Å². The van der Waals surface area contributed by atoms with Crippen molar-refractivity contribution in [1.82, 2.24) is 25.3 Å². The highest BCUT2D eigenvalue weighted by molar-refractivity contribution is 5.74. The number of carbonyl (C=O) groups excluding carboxylic acids is 1. The predicted molar refractivity (Wildman–Crippen MR) is 94.7 cm³/mol. The molecule has 7 heteroatoms. The van der Waals surface area contributed by atoms with Gasteiger partial charge in [-0.1, -0.05) is 32.0 Å². The second kappa shape index (κ2) is 9.15. The van der Waals surface area contributed by atoms with E-state index in [0.717, 1.165) is 18.5 Å². The number of amides is 2. The third-order valence-corrected chi connectivity index (χ3v) is 3.64. The Labute approximate surface area is 148 Å². The van der Waals surface area contributed by atoms with E-state index < -0.39 is 0 Å². The van der Waals surface area contributed by atoms with E-state index >= 15 is 0 Å². The summed E-state index contributed by atoms with van der Waals surface area (Å²) in [6.07, 6.45) is 3.36. The van der Waals surface area contributed by atoms with Crippen molar-refractivity contribution in [2.45, 2.75) is 53.1 Å². The number of urea groups is 1. The zero-order valence-electron chi connectivity index (χ0n) is 15.4. The van der Waals surface area contributed by atoms with E-state index in [4.69, 9.17) is 4.52 Å². The van der Waals surface area contributed by atoms with E-state index in [9.17, 15) is 4.79 Å². The first-order valence-electron chi connectivity index (χ1n) is 8.77. The van der Waals surface area contributed by atoms with Gasteiger partial charge in [0.1, 0.15) is 6.04 Å². The topological polar surface area (TPSA) is 84.2 Å². The Morgan fingerprint density at radius 1 is 1.32 bits per heavy atom. The van der Waals surface area contributed by atoms with Crippen LogP contribution in [0.25, 0.3) is 0 Å². The maximum Gasteiger partial charge on any atom is 0.318 e. The van der Waals surface area contributed by atoms with Crippen LogP contribution in [0.3, 0.4) is 0 Å². The fourth-order valence-electron chi connectivity index (χ4n) is 2.44. The lowest BCUT2D eigenvalue weighted by atomic mass is 10.1. The van der Waals surface area contributed by atoms with Crippen molar-refractivity contribution in [1.29, 1.82) is 0 Å². The molecule has 1 N–H and O–H groups in total. The lowest BCUT2D eigenvalue weighted by molar-refractivity contribution is 0.188. The standard InChI is InChI=1S/C18H27N5O2/c1-5-10-23(12-15-8-6-7-9-19-15)18(24)20-14(4)17-21-16(22-25-17)11-13(2)3/h6-9,13-14H,5,10-12H2,1-4H3,(H,20,24). The van der Waals surface area contributed by atoms with Crippen LogP contribution in [0.4, 0.5) is 4.79 Å². The maximum absolute atomic E-state index is 12.6. The summed E-state index contributed by atoms with van der Waals surface area (Å²) >= 11 is 0. The van der Waals surface area contributed by atoms with Crippen molar-refractivity contribution in [3.05, 3.63) is 41.8 Å². The molecule has 0 radical (unpaired) electrons. The van der Waals surface area contributed by atoms with Gasteiger partial charge in [0.25, 0.3) is 0 Å². The first kappa shape index (κ1) is 18.9. The van der Waals surface area contributed by atoms with E-state index in [2.05, 4.69) is 34.3 Å². The van der Waals surface area contributed by atoms with Crippen LogP contribution in [-0.2, 0) is 13.0 Å². The minimum Gasteiger partial charge on any atom is -0.337 e. The summed E-state index contributed by atoms with van der Waals surface area (Å²) in [6.45, 7) is 9.20. The molecule has 0 saturated heterocycles. The zero-order chi connectivity index (χ0) is 18.2. The number of nitrogens with zero attached hydrogens (tertiary/aromatic N) is 4. The fourth-order valence-corrected chi connectivity index (χ4v) is 2.44. The van der Waals surface area contributed by atoms with Crippen LogP contribution < -0.4 is 5.32 Å². The summed E-state index contributed by atoms with van der Waals surface area (Å²) < 4.78 is 5.28. The largest absolute Gasteiger partial charge is 0.337 e. The summed E-state index contributed by atoms with van der Waals surface area (Å²) in [4.78, 5) is 23.0. The van der Waals surface area contributed by atoms with E-state index in [-0.39, 0.29) is 12.1 Å². The Kier molecular flexibility index (Phi) is 6.91. The van der Waals surface area contributed by atoms with Gasteiger partial charge in [-0.2, -0.15) is 4.98 Å².